The van der Waals surface area contributed by atoms with Crippen molar-refractivity contribution in [1.82, 2.24) is 0 Å². The number of esters is 1. The van der Waals surface area contributed by atoms with Gasteiger partial charge in [-0.25, -0.2) is 8.42 Å². The summed E-state index contributed by atoms with van der Waals surface area (Å²) in [6, 6.07) is 7.43. The molecule has 2 rings (SSSR count). The number of carbonyl (C=O) groups is 1. The van der Waals surface area contributed by atoms with Crippen LogP contribution in [0, 0.1) is 5.92 Å². The van der Waals surface area contributed by atoms with Crippen LogP contribution >= 0.6 is 0 Å². The molecule has 0 spiro atoms. The van der Waals surface area contributed by atoms with Crippen molar-refractivity contribution in [1.29, 1.82) is 0 Å². The molecular formula is C15H22N2O4S. The van der Waals surface area contributed by atoms with E-state index in [0.717, 1.165) is 18.7 Å². The van der Waals surface area contributed by atoms with Gasteiger partial charge in [-0.05, 0) is 18.6 Å². The van der Waals surface area contributed by atoms with Gasteiger partial charge < -0.3 is 9.64 Å². The molecule has 0 saturated carbocycles. The summed E-state index contributed by atoms with van der Waals surface area (Å²) in [6.07, 6.45) is 0.733. The molecule has 0 aromatic heterocycles. The number of anilines is 2. The van der Waals surface area contributed by atoms with E-state index in [1.165, 1.54) is 11.4 Å². The molecule has 1 aromatic rings. The van der Waals surface area contributed by atoms with E-state index in [1.54, 1.807) is 13.0 Å². The predicted molar refractivity (Wildman–Crippen MR) is 86.6 cm³/mol. The highest BCUT2D eigenvalue weighted by molar-refractivity contribution is 7.92. The molecule has 7 heteroatoms. The number of methoxy groups -OCH3 is 1. The average molecular weight is 326 g/mol. The Morgan fingerprint density at radius 3 is 2.55 bits per heavy atom. The highest BCUT2D eigenvalue weighted by atomic mass is 32.2. The molecular weight excluding hydrogens is 304 g/mol. The number of carbonyl (C=O) groups excluding carboxylic acids is 1. The van der Waals surface area contributed by atoms with Gasteiger partial charge >= 0.3 is 5.97 Å². The summed E-state index contributed by atoms with van der Waals surface area (Å²) in [5, 5.41) is 0. The summed E-state index contributed by atoms with van der Waals surface area (Å²) in [5.74, 6) is -1.45. The number of nitrogens with zero attached hydrogens (tertiary/aromatic N) is 2. The van der Waals surface area contributed by atoms with Crippen LogP contribution < -0.4 is 9.21 Å². The Morgan fingerprint density at radius 2 is 1.91 bits per heavy atom. The summed E-state index contributed by atoms with van der Waals surface area (Å²) < 4.78 is 31.5. The molecule has 1 aliphatic heterocycles. The Bertz CT molecular complexity index is 645. The van der Waals surface area contributed by atoms with E-state index in [-0.39, 0.29) is 5.75 Å². The minimum Gasteiger partial charge on any atom is -0.469 e. The van der Waals surface area contributed by atoms with Crippen LogP contribution in [0.2, 0.25) is 0 Å². The zero-order valence-corrected chi connectivity index (χ0v) is 14.0. The van der Waals surface area contributed by atoms with Crippen molar-refractivity contribution < 1.29 is 17.9 Å². The van der Waals surface area contributed by atoms with Crippen molar-refractivity contribution in [2.75, 3.05) is 42.2 Å². The summed E-state index contributed by atoms with van der Waals surface area (Å²) in [5.41, 5.74) is 1.55. The highest BCUT2D eigenvalue weighted by Crippen LogP contribution is 2.33. The van der Waals surface area contributed by atoms with Crippen LogP contribution in [0.25, 0.3) is 0 Å². The smallest absolute Gasteiger partial charge is 0.309 e. The molecule has 1 aliphatic rings. The van der Waals surface area contributed by atoms with Crippen LogP contribution in [0.15, 0.2) is 24.3 Å². The topological polar surface area (TPSA) is 66.9 Å². The number of hydrogen-bond acceptors (Lipinski definition) is 5. The third-order valence-electron chi connectivity index (χ3n) is 3.82. The number of fused-ring (bicyclic) bond motifs is 1. The van der Waals surface area contributed by atoms with E-state index in [1.807, 2.05) is 25.2 Å². The summed E-state index contributed by atoms with van der Waals surface area (Å²) in [6.45, 7) is 2.77. The maximum Gasteiger partial charge on any atom is 0.309 e. The minimum atomic E-state index is -3.59. The SMILES string of the molecule is COC(=O)[C@@H](C)CS(=O)(=O)N1CCCN(C)c2ccccc21. The lowest BCUT2D eigenvalue weighted by molar-refractivity contribution is -0.144. The van der Waals surface area contributed by atoms with Gasteiger partial charge in [0.2, 0.25) is 10.0 Å². The second-order valence-electron chi connectivity index (χ2n) is 5.54. The zero-order valence-electron chi connectivity index (χ0n) is 13.2. The van der Waals surface area contributed by atoms with Crippen molar-refractivity contribution >= 4 is 27.4 Å². The lowest BCUT2D eigenvalue weighted by Gasteiger charge is -2.26. The van der Waals surface area contributed by atoms with Crippen LogP contribution in [0.1, 0.15) is 13.3 Å². The van der Waals surface area contributed by atoms with E-state index >= 15 is 0 Å². The van der Waals surface area contributed by atoms with Crippen molar-refractivity contribution in [2.24, 2.45) is 5.92 Å². The third kappa shape index (κ3) is 3.35. The average Bonchev–Trinajstić information content (AvgIpc) is 2.66. The Balaban J connectivity index is 2.34. The predicted octanol–water partition coefficient (Wildman–Crippen LogP) is 1.47. The summed E-state index contributed by atoms with van der Waals surface area (Å²) in [7, 11) is -0.376. The van der Waals surface area contributed by atoms with Gasteiger partial charge in [0.1, 0.15) is 0 Å². The van der Waals surface area contributed by atoms with Gasteiger partial charge in [-0.1, -0.05) is 19.1 Å². The quantitative estimate of drug-likeness (QED) is 0.784. The van der Waals surface area contributed by atoms with Crippen LogP contribution in [0.3, 0.4) is 0 Å². The number of rotatable bonds is 4. The molecule has 0 aliphatic carbocycles. The molecule has 0 bridgehead atoms. The third-order valence-corrected chi connectivity index (χ3v) is 5.79. The van der Waals surface area contributed by atoms with E-state index in [0.29, 0.717) is 12.2 Å². The zero-order chi connectivity index (χ0) is 16.3. The van der Waals surface area contributed by atoms with Crippen LogP contribution in [-0.4, -0.2) is 47.4 Å². The Hall–Kier alpha value is -1.76. The van der Waals surface area contributed by atoms with Crippen LogP contribution in [-0.2, 0) is 19.6 Å². The van der Waals surface area contributed by atoms with Gasteiger partial charge in [0.15, 0.2) is 0 Å². The Morgan fingerprint density at radius 1 is 1.27 bits per heavy atom. The van der Waals surface area contributed by atoms with E-state index in [2.05, 4.69) is 9.64 Å². The lowest BCUT2D eigenvalue weighted by atomic mass is 10.2. The van der Waals surface area contributed by atoms with Crippen LogP contribution in [0.4, 0.5) is 11.4 Å². The first-order valence-electron chi connectivity index (χ1n) is 7.25. The summed E-state index contributed by atoms with van der Waals surface area (Å²) >= 11 is 0. The molecule has 1 atom stereocenters. The molecule has 22 heavy (non-hydrogen) atoms. The van der Waals surface area contributed by atoms with E-state index in [9.17, 15) is 13.2 Å². The molecule has 0 saturated heterocycles. The highest BCUT2D eigenvalue weighted by Gasteiger charge is 2.31. The van der Waals surface area contributed by atoms with E-state index in [4.69, 9.17) is 0 Å². The molecule has 0 radical (unpaired) electrons. The van der Waals surface area contributed by atoms with Gasteiger partial charge in [-0.15, -0.1) is 0 Å². The number of hydrogen-bond donors (Lipinski definition) is 0. The van der Waals surface area contributed by atoms with Crippen LogP contribution in [0.5, 0.6) is 0 Å². The Labute approximate surface area is 131 Å². The first-order chi connectivity index (χ1) is 10.4. The fourth-order valence-electron chi connectivity index (χ4n) is 2.65. The second kappa shape index (κ2) is 6.56. The molecule has 6 nitrogen and oxygen atoms in total. The monoisotopic (exact) mass is 326 g/mol. The largest absolute Gasteiger partial charge is 0.469 e. The molecule has 122 valence electrons. The van der Waals surface area contributed by atoms with Crippen molar-refractivity contribution in [3.63, 3.8) is 0 Å². The number of ether oxygens (including phenoxy) is 1. The number of para-hydroxylation sites is 2. The second-order valence-corrected chi connectivity index (χ2v) is 7.48. The molecule has 0 N–H and O–H groups in total. The Kier molecular flexibility index (Phi) is 4.95. The molecule has 0 amide bonds. The molecule has 1 heterocycles. The van der Waals surface area contributed by atoms with Gasteiger partial charge in [-0.2, -0.15) is 0 Å². The van der Waals surface area contributed by atoms with E-state index < -0.39 is 21.9 Å². The maximum absolute atomic E-state index is 12.7. The molecule has 0 fully saturated rings. The van der Waals surface area contributed by atoms with Crippen molar-refractivity contribution in [3.8, 4) is 0 Å². The maximum atomic E-state index is 12.7. The van der Waals surface area contributed by atoms with Gasteiger partial charge in [-0.3, -0.25) is 9.10 Å². The lowest BCUT2D eigenvalue weighted by Crippen LogP contribution is -2.37. The standard InChI is InChI=1S/C15H22N2O4S/c1-12(15(18)21-3)11-22(19,20)17-10-6-9-16(2)13-7-4-5-8-14(13)17/h4-5,7-8,12H,6,9-11H2,1-3H3/t12-/m0/s1. The normalized spacial score (nSPS) is 16.7. The number of sulfonamides is 1. The van der Waals surface area contributed by atoms with Gasteiger partial charge in [0.05, 0.1) is 30.2 Å². The molecule has 0 unspecified atom stereocenters. The molecule has 1 aromatic carbocycles. The first kappa shape index (κ1) is 16.6. The number of benzene rings is 1. The minimum absolute atomic E-state index is 0.252. The van der Waals surface area contributed by atoms with Gasteiger partial charge in [0, 0.05) is 20.1 Å². The van der Waals surface area contributed by atoms with Crippen molar-refractivity contribution in [2.45, 2.75) is 13.3 Å². The first-order valence-corrected chi connectivity index (χ1v) is 8.86. The van der Waals surface area contributed by atoms with Crippen molar-refractivity contribution in [3.05, 3.63) is 24.3 Å². The van der Waals surface area contributed by atoms with Gasteiger partial charge in [0.25, 0.3) is 0 Å². The summed E-state index contributed by atoms with van der Waals surface area (Å²) in [4.78, 5) is 13.6. The fourth-order valence-corrected chi connectivity index (χ4v) is 4.46. The fraction of sp³-hybridized carbons (Fsp3) is 0.533.